The standard InChI is InChI=1S/C16H26N2O/c1-16(2,3)15-7-6-13(9-17-15)10-18-8-4-5-14(11-18)12-19/h6-7,9,14,19H,4-5,8,10-12H2,1-3H3. The molecular formula is C16H26N2O. The van der Waals surface area contributed by atoms with Gasteiger partial charge in [-0.05, 0) is 36.9 Å². The van der Waals surface area contributed by atoms with Crippen LogP contribution in [0.15, 0.2) is 18.3 Å². The molecule has 1 saturated heterocycles. The van der Waals surface area contributed by atoms with Gasteiger partial charge in [-0.25, -0.2) is 0 Å². The van der Waals surface area contributed by atoms with Gasteiger partial charge in [0.05, 0.1) is 0 Å². The largest absolute Gasteiger partial charge is 0.396 e. The first kappa shape index (κ1) is 14.5. The van der Waals surface area contributed by atoms with Gasteiger partial charge < -0.3 is 5.11 Å². The molecule has 1 aromatic heterocycles. The highest BCUT2D eigenvalue weighted by Gasteiger charge is 2.19. The normalized spacial score (nSPS) is 21.6. The first-order valence-electron chi connectivity index (χ1n) is 7.27. The Bertz CT molecular complexity index is 394. The Kier molecular flexibility index (Phi) is 4.58. The van der Waals surface area contributed by atoms with E-state index in [1.807, 2.05) is 6.20 Å². The van der Waals surface area contributed by atoms with E-state index in [0.717, 1.165) is 31.7 Å². The van der Waals surface area contributed by atoms with Crippen molar-refractivity contribution >= 4 is 0 Å². The number of hydrogen-bond acceptors (Lipinski definition) is 3. The van der Waals surface area contributed by atoms with Gasteiger partial charge in [-0.2, -0.15) is 0 Å². The Morgan fingerprint density at radius 1 is 1.37 bits per heavy atom. The summed E-state index contributed by atoms with van der Waals surface area (Å²) in [5.41, 5.74) is 2.53. The van der Waals surface area contributed by atoms with E-state index in [-0.39, 0.29) is 5.41 Å². The number of aliphatic hydroxyl groups is 1. The minimum atomic E-state index is 0.117. The number of aliphatic hydroxyl groups excluding tert-OH is 1. The third-order valence-corrected chi connectivity index (χ3v) is 3.86. The van der Waals surface area contributed by atoms with Crippen LogP contribution in [0.4, 0.5) is 0 Å². The van der Waals surface area contributed by atoms with Crippen LogP contribution in [0.2, 0.25) is 0 Å². The number of nitrogens with zero attached hydrogens (tertiary/aromatic N) is 2. The molecule has 1 N–H and O–H groups in total. The van der Waals surface area contributed by atoms with Gasteiger partial charge in [-0.3, -0.25) is 9.88 Å². The molecule has 1 aromatic rings. The molecule has 0 radical (unpaired) electrons. The molecule has 106 valence electrons. The first-order chi connectivity index (χ1) is 8.99. The average Bonchev–Trinajstić information content (AvgIpc) is 2.38. The lowest BCUT2D eigenvalue weighted by Crippen LogP contribution is -2.36. The summed E-state index contributed by atoms with van der Waals surface area (Å²) in [5, 5.41) is 9.26. The van der Waals surface area contributed by atoms with E-state index in [1.165, 1.54) is 12.0 Å². The average molecular weight is 262 g/mol. The summed E-state index contributed by atoms with van der Waals surface area (Å²) in [7, 11) is 0. The third kappa shape index (κ3) is 4.02. The minimum Gasteiger partial charge on any atom is -0.396 e. The van der Waals surface area contributed by atoms with Crippen LogP contribution in [0.25, 0.3) is 0 Å². The maximum atomic E-state index is 9.26. The summed E-state index contributed by atoms with van der Waals surface area (Å²) < 4.78 is 0. The Balaban J connectivity index is 1.96. The zero-order chi connectivity index (χ0) is 13.9. The Morgan fingerprint density at radius 3 is 2.74 bits per heavy atom. The number of rotatable bonds is 3. The molecule has 0 bridgehead atoms. The Labute approximate surface area is 116 Å². The summed E-state index contributed by atoms with van der Waals surface area (Å²) >= 11 is 0. The van der Waals surface area contributed by atoms with Crippen molar-refractivity contribution < 1.29 is 5.11 Å². The number of aromatic nitrogens is 1. The summed E-state index contributed by atoms with van der Waals surface area (Å²) in [6.07, 6.45) is 4.36. The fourth-order valence-corrected chi connectivity index (χ4v) is 2.66. The van der Waals surface area contributed by atoms with Crippen LogP contribution in [0.5, 0.6) is 0 Å². The van der Waals surface area contributed by atoms with Crippen LogP contribution >= 0.6 is 0 Å². The fourth-order valence-electron chi connectivity index (χ4n) is 2.66. The molecule has 1 fully saturated rings. The minimum absolute atomic E-state index is 0.117. The van der Waals surface area contributed by atoms with Gasteiger partial charge in [-0.1, -0.05) is 26.8 Å². The van der Waals surface area contributed by atoms with E-state index in [2.05, 4.69) is 42.8 Å². The summed E-state index contributed by atoms with van der Waals surface area (Å²) in [5.74, 6) is 0.454. The van der Waals surface area contributed by atoms with Crippen LogP contribution in [-0.2, 0) is 12.0 Å². The molecule has 0 aromatic carbocycles. The SMILES string of the molecule is CC(C)(C)c1ccc(CN2CCCC(CO)C2)cn1. The predicted molar refractivity (Wildman–Crippen MR) is 78.0 cm³/mol. The summed E-state index contributed by atoms with van der Waals surface area (Å²) in [6, 6.07) is 4.33. The van der Waals surface area contributed by atoms with E-state index >= 15 is 0 Å². The highest BCUT2D eigenvalue weighted by Crippen LogP contribution is 2.21. The quantitative estimate of drug-likeness (QED) is 0.909. The van der Waals surface area contributed by atoms with Gasteiger partial charge in [-0.15, -0.1) is 0 Å². The van der Waals surface area contributed by atoms with Crippen molar-refractivity contribution in [1.82, 2.24) is 9.88 Å². The second-order valence-corrected chi connectivity index (χ2v) is 6.73. The topological polar surface area (TPSA) is 36.4 Å². The van der Waals surface area contributed by atoms with Crippen molar-refractivity contribution in [3.8, 4) is 0 Å². The van der Waals surface area contributed by atoms with Crippen LogP contribution in [-0.4, -0.2) is 34.7 Å². The smallest absolute Gasteiger partial charge is 0.0471 e. The summed E-state index contributed by atoms with van der Waals surface area (Å²) in [4.78, 5) is 7.01. The molecule has 1 aliphatic rings. The predicted octanol–water partition coefficient (Wildman–Crippen LogP) is 2.58. The van der Waals surface area contributed by atoms with Crippen LogP contribution in [0, 0.1) is 5.92 Å². The molecule has 1 unspecified atom stereocenters. The first-order valence-corrected chi connectivity index (χ1v) is 7.27. The van der Waals surface area contributed by atoms with Crippen molar-refractivity contribution in [2.75, 3.05) is 19.7 Å². The molecule has 0 amide bonds. The van der Waals surface area contributed by atoms with E-state index < -0.39 is 0 Å². The van der Waals surface area contributed by atoms with Crippen molar-refractivity contribution in [3.05, 3.63) is 29.6 Å². The maximum Gasteiger partial charge on any atom is 0.0471 e. The molecule has 0 saturated carbocycles. The van der Waals surface area contributed by atoms with E-state index in [4.69, 9.17) is 0 Å². The van der Waals surface area contributed by atoms with Crippen molar-refractivity contribution in [2.24, 2.45) is 5.92 Å². The lowest BCUT2D eigenvalue weighted by molar-refractivity contribution is 0.116. The zero-order valence-electron chi connectivity index (χ0n) is 12.4. The molecule has 2 heterocycles. The second kappa shape index (κ2) is 6.02. The zero-order valence-corrected chi connectivity index (χ0v) is 12.4. The van der Waals surface area contributed by atoms with Crippen LogP contribution in [0.3, 0.4) is 0 Å². The maximum absolute atomic E-state index is 9.26. The Hall–Kier alpha value is -0.930. The van der Waals surface area contributed by atoms with Crippen molar-refractivity contribution in [2.45, 2.75) is 45.6 Å². The van der Waals surface area contributed by atoms with Gasteiger partial charge in [0.2, 0.25) is 0 Å². The van der Waals surface area contributed by atoms with Gasteiger partial charge in [0.1, 0.15) is 0 Å². The molecule has 3 nitrogen and oxygen atoms in total. The van der Waals surface area contributed by atoms with E-state index in [9.17, 15) is 5.11 Å². The molecule has 19 heavy (non-hydrogen) atoms. The van der Waals surface area contributed by atoms with Crippen molar-refractivity contribution in [3.63, 3.8) is 0 Å². The lowest BCUT2D eigenvalue weighted by Gasteiger charge is -2.31. The van der Waals surface area contributed by atoms with E-state index in [1.54, 1.807) is 0 Å². The fraction of sp³-hybridized carbons (Fsp3) is 0.688. The molecule has 2 rings (SSSR count). The van der Waals surface area contributed by atoms with Crippen LogP contribution in [0.1, 0.15) is 44.9 Å². The van der Waals surface area contributed by atoms with Gasteiger partial charge in [0.15, 0.2) is 0 Å². The molecule has 1 aliphatic heterocycles. The molecule has 0 aliphatic carbocycles. The van der Waals surface area contributed by atoms with Gasteiger partial charge >= 0.3 is 0 Å². The van der Waals surface area contributed by atoms with Crippen molar-refractivity contribution in [1.29, 1.82) is 0 Å². The molecule has 3 heteroatoms. The van der Waals surface area contributed by atoms with Crippen LogP contribution < -0.4 is 0 Å². The highest BCUT2D eigenvalue weighted by molar-refractivity contribution is 5.19. The lowest BCUT2D eigenvalue weighted by atomic mass is 9.91. The number of piperidine rings is 1. The second-order valence-electron chi connectivity index (χ2n) is 6.73. The summed E-state index contributed by atoms with van der Waals surface area (Å²) in [6.45, 7) is 9.98. The number of likely N-dealkylation sites (tertiary alicyclic amines) is 1. The van der Waals surface area contributed by atoms with Gasteiger partial charge in [0.25, 0.3) is 0 Å². The molecule has 0 spiro atoms. The number of pyridine rings is 1. The monoisotopic (exact) mass is 262 g/mol. The van der Waals surface area contributed by atoms with Gasteiger partial charge in [0, 0.05) is 37.0 Å². The molecular weight excluding hydrogens is 236 g/mol. The highest BCUT2D eigenvalue weighted by atomic mass is 16.3. The third-order valence-electron chi connectivity index (χ3n) is 3.86. The Morgan fingerprint density at radius 2 is 2.16 bits per heavy atom. The molecule has 1 atom stereocenters. The van der Waals surface area contributed by atoms with E-state index in [0.29, 0.717) is 12.5 Å². The number of hydrogen-bond donors (Lipinski definition) is 1.